The summed E-state index contributed by atoms with van der Waals surface area (Å²) < 4.78 is 0. The molecule has 1 aromatic carbocycles. The normalized spacial score (nSPS) is 19.0. The van der Waals surface area contributed by atoms with Gasteiger partial charge < -0.3 is 15.1 Å². The Hall–Kier alpha value is -2.41. The number of hydrogen-bond acceptors (Lipinski definition) is 5. The molecular formula is C22H28N4O2S. The monoisotopic (exact) mass is 412 g/mol. The molecule has 1 aliphatic carbocycles. The van der Waals surface area contributed by atoms with Gasteiger partial charge in [-0.1, -0.05) is 25.1 Å². The quantitative estimate of drug-likeness (QED) is 0.837. The van der Waals surface area contributed by atoms with Crippen molar-refractivity contribution in [3.8, 4) is 0 Å². The minimum Gasteiger partial charge on any atom is -0.345 e. The van der Waals surface area contributed by atoms with Crippen molar-refractivity contribution >= 4 is 34.0 Å². The van der Waals surface area contributed by atoms with Crippen LogP contribution in [0.5, 0.6) is 0 Å². The van der Waals surface area contributed by atoms with Gasteiger partial charge in [0.15, 0.2) is 5.13 Å². The number of piperazine rings is 1. The van der Waals surface area contributed by atoms with Crippen LogP contribution in [0.25, 0.3) is 0 Å². The summed E-state index contributed by atoms with van der Waals surface area (Å²) in [5, 5.41) is 4.14. The summed E-state index contributed by atoms with van der Waals surface area (Å²) in [5.74, 6) is 0.326. The van der Waals surface area contributed by atoms with E-state index in [0.29, 0.717) is 6.42 Å². The maximum absolute atomic E-state index is 12.8. The maximum Gasteiger partial charge on any atom is 0.227 e. The molecule has 2 aliphatic rings. The molecule has 4 rings (SSSR count). The average Bonchev–Trinajstić information content (AvgIpc) is 3.18. The highest BCUT2D eigenvalue weighted by Gasteiger charge is 2.29. The second-order valence-electron chi connectivity index (χ2n) is 7.83. The first-order valence-corrected chi connectivity index (χ1v) is 11.2. The van der Waals surface area contributed by atoms with Crippen molar-refractivity contribution < 1.29 is 9.59 Å². The van der Waals surface area contributed by atoms with Gasteiger partial charge in [-0.25, -0.2) is 4.98 Å². The summed E-state index contributed by atoms with van der Waals surface area (Å²) >= 11 is 1.72. The molecule has 1 N–H and O–H groups in total. The third-order valence-corrected chi connectivity index (χ3v) is 7.09. The molecule has 0 radical (unpaired) electrons. The van der Waals surface area contributed by atoms with Gasteiger partial charge in [0.05, 0.1) is 5.69 Å². The van der Waals surface area contributed by atoms with Gasteiger partial charge in [-0.3, -0.25) is 9.59 Å². The van der Waals surface area contributed by atoms with Crippen LogP contribution in [0.2, 0.25) is 0 Å². The highest BCUT2D eigenvalue weighted by Crippen LogP contribution is 2.35. The molecule has 1 fully saturated rings. The largest absolute Gasteiger partial charge is 0.345 e. The van der Waals surface area contributed by atoms with Crippen LogP contribution in [-0.2, 0) is 22.4 Å². The predicted molar refractivity (Wildman–Crippen MR) is 117 cm³/mol. The van der Waals surface area contributed by atoms with Crippen molar-refractivity contribution in [3.05, 3.63) is 40.4 Å². The van der Waals surface area contributed by atoms with Gasteiger partial charge in [-0.05, 0) is 37.8 Å². The van der Waals surface area contributed by atoms with Crippen molar-refractivity contribution in [1.82, 2.24) is 9.88 Å². The number of benzene rings is 1. The first kappa shape index (κ1) is 19.9. The molecule has 1 atom stereocenters. The molecule has 29 heavy (non-hydrogen) atoms. The molecule has 6 nitrogen and oxygen atoms in total. The number of carbonyl (C=O) groups excluding carboxylic acids is 2. The zero-order chi connectivity index (χ0) is 20.4. The van der Waals surface area contributed by atoms with Crippen LogP contribution in [0, 0.1) is 12.8 Å². The standard InChI is InChI=1S/C22H28N4O2S/c1-3-20(27)25-10-12-26(13-11-25)22-24-18-9-8-16(14-19(18)29-22)21(28)23-17-7-5-4-6-15(17)2/h4-7,16H,3,8-14H2,1-2H3,(H,23,28)/t16-/m0/s1. The number of aryl methyl sites for hydroxylation is 2. The molecular weight excluding hydrogens is 384 g/mol. The van der Waals surface area contributed by atoms with E-state index in [2.05, 4.69) is 10.2 Å². The number of thiazole rings is 1. The summed E-state index contributed by atoms with van der Waals surface area (Å²) in [5.41, 5.74) is 3.13. The fraction of sp³-hybridized carbons (Fsp3) is 0.500. The molecule has 2 heterocycles. The number of fused-ring (bicyclic) bond motifs is 1. The highest BCUT2D eigenvalue weighted by atomic mass is 32.1. The Labute approximate surface area is 175 Å². The van der Waals surface area contributed by atoms with Gasteiger partial charge in [0, 0.05) is 49.1 Å². The number of nitrogens with zero attached hydrogens (tertiary/aromatic N) is 3. The molecule has 0 unspecified atom stereocenters. The first-order valence-electron chi connectivity index (χ1n) is 10.4. The predicted octanol–water partition coefficient (Wildman–Crippen LogP) is 3.25. The van der Waals surface area contributed by atoms with E-state index in [1.807, 2.05) is 43.0 Å². The molecule has 1 aromatic heterocycles. The van der Waals surface area contributed by atoms with Crippen LogP contribution in [-0.4, -0.2) is 47.9 Å². The van der Waals surface area contributed by atoms with Gasteiger partial charge in [-0.2, -0.15) is 0 Å². The van der Waals surface area contributed by atoms with Crippen LogP contribution >= 0.6 is 11.3 Å². The lowest BCUT2D eigenvalue weighted by Crippen LogP contribution is -2.48. The van der Waals surface area contributed by atoms with E-state index in [4.69, 9.17) is 4.98 Å². The molecule has 2 aromatic rings. The van der Waals surface area contributed by atoms with Crippen molar-refractivity contribution in [1.29, 1.82) is 0 Å². The lowest BCUT2D eigenvalue weighted by Gasteiger charge is -2.34. The maximum atomic E-state index is 12.8. The Morgan fingerprint density at radius 3 is 2.69 bits per heavy atom. The lowest BCUT2D eigenvalue weighted by molar-refractivity contribution is -0.131. The molecule has 1 saturated heterocycles. The molecule has 1 aliphatic heterocycles. The van der Waals surface area contributed by atoms with Crippen LogP contribution in [0.3, 0.4) is 0 Å². The number of aromatic nitrogens is 1. The highest BCUT2D eigenvalue weighted by molar-refractivity contribution is 7.15. The summed E-state index contributed by atoms with van der Waals surface area (Å²) in [6, 6.07) is 7.90. The summed E-state index contributed by atoms with van der Waals surface area (Å²) in [6.45, 7) is 7.11. The van der Waals surface area contributed by atoms with E-state index in [9.17, 15) is 9.59 Å². The van der Waals surface area contributed by atoms with Crippen molar-refractivity contribution in [2.24, 2.45) is 5.92 Å². The minimum atomic E-state index is -0.00516. The van der Waals surface area contributed by atoms with Crippen molar-refractivity contribution in [2.75, 3.05) is 36.4 Å². The number of nitrogens with one attached hydrogen (secondary N) is 1. The molecule has 154 valence electrons. The van der Waals surface area contributed by atoms with Gasteiger partial charge >= 0.3 is 0 Å². The van der Waals surface area contributed by atoms with E-state index < -0.39 is 0 Å². The third-order valence-electron chi connectivity index (χ3n) is 5.91. The van der Waals surface area contributed by atoms with E-state index in [0.717, 1.165) is 67.5 Å². The van der Waals surface area contributed by atoms with E-state index in [-0.39, 0.29) is 17.7 Å². The van der Waals surface area contributed by atoms with Crippen LogP contribution < -0.4 is 10.2 Å². The van der Waals surface area contributed by atoms with Gasteiger partial charge in [-0.15, -0.1) is 11.3 Å². The smallest absolute Gasteiger partial charge is 0.227 e. The fourth-order valence-corrected chi connectivity index (χ4v) is 5.28. The van der Waals surface area contributed by atoms with Crippen LogP contribution in [0.4, 0.5) is 10.8 Å². The zero-order valence-electron chi connectivity index (χ0n) is 17.1. The van der Waals surface area contributed by atoms with Crippen LogP contribution in [0.15, 0.2) is 24.3 Å². The Kier molecular flexibility index (Phi) is 5.85. The SMILES string of the molecule is CCC(=O)N1CCN(c2nc3c(s2)C[C@@H](C(=O)Nc2ccccc2C)CC3)CC1. The molecule has 0 saturated carbocycles. The van der Waals surface area contributed by atoms with Crippen LogP contribution in [0.1, 0.15) is 35.9 Å². The Morgan fingerprint density at radius 1 is 1.21 bits per heavy atom. The number of carbonyl (C=O) groups is 2. The van der Waals surface area contributed by atoms with Gasteiger partial charge in [0.25, 0.3) is 0 Å². The summed E-state index contributed by atoms with van der Waals surface area (Å²) in [4.78, 5) is 35.0. The number of amides is 2. The van der Waals surface area contributed by atoms with Crippen molar-refractivity contribution in [3.63, 3.8) is 0 Å². The number of rotatable bonds is 4. The third kappa shape index (κ3) is 4.29. The lowest BCUT2D eigenvalue weighted by atomic mass is 9.90. The zero-order valence-corrected chi connectivity index (χ0v) is 17.9. The Bertz CT molecular complexity index is 902. The first-order chi connectivity index (χ1) is 14.0. The molecule has 7 heteroatoms. The number of anilines is 2. The Balaban J connectivity index is 1.38. The van der Waals surface area contributed by atoms with Gasteiger partial charge in [0.1, 0.15) is 0 Å². The fourth-order valence-electron chi connectivity index (χ4n) is 4.04. The second kappa shape index (κ2) is 8.53. The minimum absolute atomic E-state index is 0.00516. The summed E-state index contributed by atoms with van der Waals surface area (Å²) in [6.07, 6.45) is 3.02. The second-order valence-corrected chi connectivity index (χ2v) is 8.89. The number of para-hydroxylation sites is 1. The molecule has 2 amide bonds. The molecule has 0 bridgehead atoms. The van der Waals surface area contributed by atoms with Crippen molar-refractivity contribution in [2.45, 2.75) is 39.5 Å². The molecule has 0 spiro atoms. The van der Waals surface area contributed by atoms with Gasteiger partial charge in [0.2, 0.25) is 11.8 Å². The number of hydrogen-bond donors (Lipinski definition) is 1. The topological polar surface area (TPSA) is 65.5 Å². The van der Waals surface area contributed by atoms with E-state index >= 15 is 0 Å². The Morgan fingerprint density at radius 2 is 1.97 bits per heavy atom. The average molecular weight is 413 g/mol. The van der Waals surface area contributed by atoms with E-state index in [1.165, 1.54) is 4.88 Å². The van der Waals surface area contributed by atoms with E-state index in [1.54, 1.807) is 11.3 Å². The summed E-state index contributed by atoms with van der Waals surface area (Å²) in [7, 11) is 0.